The molecule has 0 radical (unpaired) electrons. The molecule has 4 aromatic carbocycles. The summed E-state index contributed by atoms with van der Waals surface area (Å²) in [6.45, 7) is 5.16. The van der Waals surface area contributed by atoms with E-state index in [1.807, 2.05) is 43.3 Å². The number of hydrogen-bond acceptors (Lipinski definition) is 9. The molecule has 0 spiro atoms. The number of nitro groups is 1. The highest BCUT2D eigenvalue weighted by Crippen LogP contribution is 2.36. The van der Waals surface area contributed by atoms with Gasteiger partial charge in [-0.15, -0.1) is 0 Å². The Morgan fingerprint density at radius 2 is 1.20 bits per heavy atom. The number of hydrogen-bond donors (Lipinski definition) is 2. The number of rotatable bonds is 11. The summed E-state index contributed by atoms with van der Waals surface area (Å²) in [4.78, 5) is 72.0. The highest BCUT2D eigenvalue weighted by Gasteiger charge is 2.38. The van der Waals surface area contributed by atoms with E-state index >= 15 is 0 Å². The van der Waals surface area contributed by atoms with Crippen molar-refractivity contribution in [1.29, 1.82) is 0 Å². The molecule has 1 aromatic heterocycles. The van der Waals surface area contributed by atoms with Gasteiger partial charge in [0.15, 0.2) is 0 Å². The fourth-order valence-electron chi connectivity index (χ4n) is 6.81. The molecule has 4 amide bonds. The summed E-state index contributed by atoms with van der Waals surface area (Å²) in [5.41, 5.74) is 2.73. The van der Waals surface area contributed by atoms with E-state index in [4.69, 9.17) is 0 Å². The zero-order chi connectivity index (χ0) is 34.4. The van der Waals surface area contributed by atoms with Gasteiger partial charge >= 0.3 is 0 Å². The van der Waals surface area contributed by atoms with Crippen molar-refractivity contribution in [2.75, 3.05) is 26.2 Å². The van der Waals surface area contributed by atoms with Crippen LogP contribution < -0.4 is 10.6 Å². The minimum Gasteiger partial charge on any atom is -0.313 e. The lowest BCUT2D eigenvalue weighted by atomic mass is 9.90. The smallest absolute Gasteiger partial charge is 0.270 e. The quantitative estimate of drug-likeness (QED) is 0.0882. The van der Waals surface area contributed by atoms with Crippen molar-refractivity contribution >= 4 is 50.9 Å². The molecule has 3 heterocycles. The second-order valence-corrected chi connectivity index (χ2v) is 12.4. The summed E-state index contributed by atoms with van der Waals surface area (Å²) in [6.07, 6.45) is 1.70. The zero-order valence-electron chi connectivity index (χ0n) is 26.8. The van der Waals surface area contributed by atoms with Crippen LogP contribution in [0.5, 0.6) is 0 Å². The van der Waals surface area contributed by atoms with Crippen LogP contribution in [0.2, 0.25) is 0 Å². The number of nitrogens with one attached hydrogen (secondary N) is 2. The van der Waals surface area contributed by atoms with Crippen LogP contribution in [0.1, 0.15) is 55.3 Å². The van der Waals surface area contributed by atoms with Gasteiger partial charge < -0.3 is 10.6 Å². The summed E-state index contributed by atoms with van der Waals surface area (Å²) in [6, 6.07) is 21.3. The second kappa shape index (κ2) is 12.6. The van der Waals surface area contributed by atoms with Crippen molar-refractivity contribution in [3.63, 3.8) is 0 Å². The molecule has 0 saturated carbocycles. The van der Waals surface area contributed by atoms with Gasteiger partial charge in [0.1, 0.15) is 0 Å². The fourth-order valence-corrected chi connectivity index (χ4v) is 6.81. The van der Waals surface area contributed by atoms with Crippen molar-refractivity contribution in [2.45, 2.75) is 25.9 Å². The Bertz CT molecular complexity index is 2200. The maximum Gasteiger partial charge on any atom is 0.270 e. The predicted molar refractivity (Wildman–Crippen MR) is 183 cm³/mol. The first-order valence-corrected chi connectivity index (χ1v) is 16.0. The van der Waals surface area contributed by atoms with Gasteiger partial charge in [0.05, 0.1) is 16.2 Å². The molecule has 0 aliphatic carbocycles. The molecule has 49 heavy (non-hydrogen) atoms. The van der Waals surface area contributed by atoms with Crippen LogP contribution >= 0.6 is 0 Å². The molecule has 2 N–H and O–H groups in total. The van der Waals surface area contributed by atoms with E-state index in [-0.39, 0.29) is 29.6 Å². The third kappa shape index (κ3) is 5.50. The number of imide groups is 2. The Morgan fingerprint density at radius 1 is 0.673 bits per heavy atom. The molecular weight excluding hydrogens is 624 g/mol. The van der Waals surface area contributed by atoms with Crippen LogP contribution in [0, 0.1) is 10.1 Å². The normalized spacial score (nSPS) is 15.3. The van der Waals surface area contributed by atoms with E-state index in [1.165, 1.54) is 17.0 Å². The lowest BCUT2D eigenvalue weighted by Crippen LogP contribution is -2.51. The molecule has 12 nitrogen and oxygen atoms in total. The topological polar surface area (TPSA) is 155 Å². The van der Waals surface area contributed by atoms with Crippen molar-refractivity contribution in [2.24, 2.45) is 0 Å². The van der Waals surface area contributed by atoms with Crippen LogP contribution in [0.3, 0.4) is 0 Å². The van der Waals surface area contributed by atoms with Gasteiger partial charge in [-0.2, -0.15) is 0 Å². The number of nitrogens with zero attached hydrogens (tertiary/aromatic N) is 4. The minimum atomic E-state index is -0.570. The molecule has 2 aliphatic heterocycles. The van der Waals surface area contributed by atoms with Crippen LogP contribution in [0.4, 0.5) is 5.69 Å². The summed E-state index contributed by atoms with van der Waals surface area (Å²) in [7, 11) is 0. The second-order valence-electron chi connectivity index (χ2n) is 12.4. The lowest BCUT2D eigenvalue weighted by Gasteiger charge is -2.32. The Morgan fingerprint density at radius 3 is 1.73 bits per heavy atom. The molecule has 12 heteroatoms. The molecule has 1 unspecified atom stereocenters. The van der Waals surface area contributed by atoms with Gasteiger partial charge in [0, 0.05) is 89.6 Å². The Kier molecular flexibility index (Phi) is 8.18. The van der Waals surface area contributed by atoms with Gasteiger partial charge in [-0.25, -0.2) is 0 Å². The third-order valence-electron chi connectivity index (χ3n) is 9.15. The van der Waals surface area contributed by atoms with E-state index in [0.29, 0.717) is 52.5 Å². The third-order valence-corrected chi connectivity index (χ3v) is 9.15. The number of non-ortho nitro benzene ring substituents is 1. The molecule has 246 valence electrons. The van der Waals surface area contributed by atoms with Crippen LogP contribution in [-0.2, 0) is 0 Å². The predicted octanol–water partition coefficient (Wildman–Crippen LogP) is 4.81. The molecule has 5 aromatic rings. The standard InChI is InChI=1S/C37H32N6O6/c1-21(41-34(44)27-9-5-7-23-15-25(31-11-3-4-12-40-31)17-29(32(23)27)36(41)46)19-38-13-14-39-20-22(2)42-35(45)28-10-6-8-24-16-26(43(48)49)18-30(33(24)28)37(42)47/h3-12,15-18,21-22,38-39H,13-14,19-20H2,1-2H3/t21-,22?/m0/s1. The monoisotopic (exact) mass is 656 g/mol. The van der Waals surface area contributed by atoms with Crippen molar-refractivity contribution in [3.05, 3.63) is 117 Å². The summed E-state index contributed by atoms with van der Waals surface area (Å²) < 4.78 is 0. The van der Waals surface area contributed by atoms with Crippen LogP contribution in [-0.4, -0.2) is 81.6 Å². The highest BCUT2D eigenvalue weighted by atomic mass is 16.6. The maximum atomic E-state index is 13.8. The van der Waals surface area contributed by atoms with Crippen molar-refractivity contribution < 1.29 is 24.1 Å². The van der Waals surface area contributed by atoms with E-state index < -0.39 is 28.8 Å². The van der Waals surface area contributed by atoms with Gasteiger partial charge in [-0.05, 0) is 61.0 Å². The summed E-state index contributed by atoms with van der Waals surface area (Å²) in [5.74, 6) is -1.71. The molecule has 0 fully saturated rings. The number of aromatic nitrogens is 1. The van der Waals surface area contributed by atoms with Gasteiger partial charge in [0.25, 0.3) is 29.3 Å². The molecule has 7 rings (SSSR count). The molecule has 0 bridgehead atoms. The first kappa shape index (κ1) is 31.7. The average molecular weight is 657 g/mol. The summed E-state index contributed by atoms with van der Waals surface area (Å²) in [5, 5.41) is 20.4. The van der Waals surface area contributed by atoms with E-state index in [1.54, 1.807) is 43.5 Å². The number of nitro benzene ring substituents is 1. The first-order valence-electron chi connectivity index (χ1n) is 16.0. The number of pyridine rings is 1. The zero-order valence-corrected chi connectivity index (χ0v) is 26.8. The van der Waals surface area contributed by atoms with Crippen LogP contribution in [0.25, 0.3) is 32.8 Å². The number of carbonyl (C=O) groups is 4. The molecule has 0 saturated heterocycles. The first-order chi connectivity index (χ1) is 23.7. The van der Waals surface area contributed by atoms with Crippen molar-refractivity contribution in [3.8, 4) is 11.3 Å². The van der Waals surface area contributed by atoms with Gasteiger partial charge in [-0.1, -0.05) is 30.3 Å². The van der Waals surface area contributed by atoms with E-state index in [9.17, 15) is 29.3 Å². The minimum absolute atomic E-state index is 0.135. The Balaban J connectivity index is 0.971. The molecular formula is C37H32N6O6. The SMILES string of the molecule is CC(CNCCNC[C@H](C)N1C(=O)c2cccc3cc(-c4ccccn4)cc(c23)C1=O)N1C(=O)c2cccc3cc([N+](=O)[O-])cc(c23)C1=O. The van der Waals surface area contributed by atoms with Crippen LogP contribution in [0.15, 0.2) is 85.1 Å². The number of amides is 4. The van der Waals surface area contributed by atoms with Gasteiger partial charge in [-0.3, -0.25) is 44.1 Å². The largest absolute Gasteiger partial charge is 0.313 e. The molecule has 2 atom stereocenters. The van der Waals surface area contributed by atoms with Crippen molar-refractivity contribution in [1.82, 2.24) is 25.4 Å². The number of benzene rings is 4. The fraction of sp³-hybridized carbons (Fsp3) is 0.216. The van der Waals surface area contributed by atoms with E-state index in [0.717, 1.165) is 21.5 Å². The molecule has 2 aliphatic rings. The summed E-state index contributed by atoms with van der Waals surface area (Å²) >= 11 is 0. The average Bonchev–Trinajstić information content (AvgIpc) is 3.10. The Hall–Kier alpha value is -5.85. The lowest BCUT2D eigenvalue weighted by molar-refractivity contribution is -0.384. The number of carbonyl (C=O) groups excluding carboxylic acids is 4. The van der Waals surface area contributed by atoms with E-state index in [2.05, 4.69) is 15.6 Å². The van der Waals surface area contributed by atoms with Gasteiger partial charge in [0.2, 0.25) is 0 Å². The maximum absolute atomic E-state index is 13.8. The highest BCUT2D eigenvalue weighted by molar-refractivity contribution is 6.27. The Labute approximate surface area is 280 Å².